The van der Waals surface area contributed by atoms with Crippen LogP contribution in [0.4, 0.5) is 10.3 Å². The van der Waals surface area contributed by atoms with Crippen LogP contribution in [0.1, 0.15) is 5.56 Å². The average molecular weight is 366 g/mol. The summed E-state index contributed by atoms with van der Waals surface area (Å²) in [6.45, 7) is 1.81. The molecule has 3 rings (SSSR count). The molecule has 0 spiro atoms. The molecule has 0 fully saturated rings. The molecule has 0 bridgehead atoms. The van der Waals surface area contributed by atoms with Crippen molar-refractivity contribution in [1.29, 1.82) is 0 Å². The van der Waals surface area contributed by atoms with Gasteiger partial charge in [-0.25, -0.2) is 9.97 Å². The zero-order valence-electron chi connectivity index (χ0n) is 12.9. The molecular weight excluding hydrogens is 352 g/mol. The van der Waals surface area contributed by atoms with Gasteiger partial charge in [-0.3, -0.25) is 9.59 Å². The van der Waals surface area contributed by atoms with E-state index in [1.54, 1.807) is 0 Å². The van der Waals surface area contributed by atoms with Gasteiger partial charge in [-0.2, -0.15) is 0 Å². The van der Waals surface area contributed by atoms with Gasteiger partial charge in [0, 0.05) is 5.56 Å². The highest BCUT2D eigenvalue weighted by Crippen LogP contribution is 2.36. The van der Waals surface area contributed by atoms with Gasteiger partial charge in [-0.15, -0.1) is 0 Å². The Morgan fingerprint density at radius 2 is 1.67 bits per heavy atom. The van der Waals surface area contributed by atoms with Crippen molar-refractivity contribution in [2.45, 2.75) is 6.92 Å². The lowest BCUT2D eigenvalue weighted by Crippen LogP contribution is -2.14. The third kappa shape index (κ3) is 3.24. The van der Waals surface area contributed by atoms with Gasteiger partial charge in [0.05, 0.1) is 27.5 Å². The van der Waals surface area contributed by atoms with Gasteiger partial charge >= 0.3 is 11.9 Å². The number of carbonyl (C=O) groups is 2. The lowest BCUT2D eigenvalue weighted by molar-refractivity contribution is -0.138. The van der Waals surface area contributed by atoms with Gasteiger partial charge in [0.25, 0.3) is 0 Å². The Balaban J connectivity index is 1.92. The van der Waals surface area contributed by atoms with Crippen molar-refractivity contribution in [3.8, 4) is 0 Å². The first-order valence-corrected chi connectivity index (χ1v) is 8.58. The van der Waals surface area contributed by atoms with Crippen molar-refractivity contribution in [1.82, 2.24) is 9.97 Å². The highest BCUT2D eigenvalue weighted by molar-refractivity contribution is 7.24. The smallest absolute Gasteiger partial charge is 0.325 e. The Labute approximate surface area is 144 Å². The van der Waals surface area contributed by atoms with E-state index in [1.165, 1.54) is 29.8 Å². The van der Waals surface area contributed by atoms with E-state index in [9.17, 15) is 9.59 Å². The highest BCUT2D eigenvalue weighted by Gasteiger charge is 2.14. The fourth-order valence-corrected chi connectivity index (χ4v) is 4.15. The molecule has 3 aromatic rings. The predicted octanol–water partition coefficient (Wildman–Crippen LogP) is 2.30. The zero-order chi connectivity index (χ0) is 17.3. The van der Waals surface area contributed by atoms with Gasteiger partial charge in [0.1, 0.15) is 13.1 Å². The first-order chi connectivity index (χ1) is 11.5. The van der Waals surface area contributed by atoms with Crippen molar-refractivity contribution in [2.24, 2.45) is 0 Å². The number of thiazole rings is 2. The average Bonchev–Trinajstić information content (AvgIpc) is 3.14. The van der Waals surface area contributed by atoms with Crippen LogP contribution in [0.15, 0.2) is 6.07 Å². The van der Waals surface area contributed by atoms with Gasteiger partial charge in [0.15, 0.2) is 10.3 Å². The van der Waals surface area contributed by atoms with Crippen molar-refractivity contribution in [3.05, 3.63) is 11.6 Å². The number of aliphatic carboxylic acids is 1. The molecule has 2 aromatic heterocycles. The summed E-state index contributed by atoms with van der Waals surface area (Å²) in [6.07, 6.45) is 0. The molecule has 0 aliphatic heterocycles. The largest absolute Gasteiger partial charge is 0.480 e. The number of nitrogens with zero attached hydrogens (tertiary/aromatic N) is 2. The summed E-state index contributed by atoms with van der Waals surface area (Å²) in [5.74, 6) is -1.29. The standard InChI is InChI=1S/C14H14N4O4S2/c1-6-11-7(23-13(17-11)15-4-9(19)20)3-8-12(6)18-14(24-8)16-5-10(21)22-2/h3H,4-5H2,1-2H3,(H,15,17)(H,16,18)(H,19,20). The number of hydrogen-bond acceptors (Lipinski definition) is 9. The number of nitrogens with one attached hydrogen (secondary N) is 2. The maximum atomic E-state index is 11.2. The Morgan fingerprint density at radius 1 is 1.12 bits per heavy atom. The molecule has 3 N–H and O–H groups in total. The molecule has 1 aromatic carbocycles. The monoisotopic (exact) mass is 366 g/mol. The lowest BCUT2D eigenvalue weighted by Gasteiger charge is -1.99. The van der Waals surface area contributed by atoms with Gasteiger partial charge in [-0.1, -0.05) is 22.7 Å². The van der Waals surface area contributed by atoms with E-state index >= 15 is 0 Å². The fraction of sp³-hybridized carbons (Fsp3) is 0.286. The van der Waals surface area contributed by atoms with E-state index in [0.29, 0.717) is 10.3 Å². The summed E-state index contributed by atoms with van der Waals surface area (Å²) < 4.78 is 6.52. The number of carboxylic acids is 1. The number of esters is 1. The molecule has 8 nitrogen and oxygen atoms in total. The van der Waals surface area contributed by atoms with Crippen molar-refractivity contribution in [2.75, 3.05) is 30.8 Å². The maximum Gasteiger partial charge on any atom is 0.325 e. The number of ether oxygens (including phenoxy) is 1. The minimum atomic E-state index is -0.935. The summed E-state index contributed by atoms with van der Waals surface area (Å²) in [7, 11) is 1.34. The van der Waals surface area contributed by atoms with Crippen molar-refractivity contribution >= 4 is 65.3 Å². The number of anilines is 2. The molecule has 2 heterocycles. The number of aromatic nitrogens is 2. The Bertz CT molecular complexity index is 934. The number of rotatable bonds is 6. The first kappa shape index (κ1) is 16.4. The highest BCUT2D eigenvalue weighted by atomic mass is 32.1. The topological polar surface area (TPSA) is 113 Å². The minimum absolute atomic E-state index is 0.0608. The van der Waals surface area contributed by atoms with Gasteiger partial charge < -0.3 is 20.5 Å². The van der Waals surface area contributed by atoms with Crippen LogP contribution in [0, 0.1) is 6.92 Å². The molecule has 0 saturated carbocycles. The Morgan fingerprint density at radius 3 is 2.17 bits per heavy atom. The lowest BCUT2D eigenvalue weighted by atomic mass is 10.2. The summed E-state index contributed by atoms with van der Waals surface area (Å²) in [5, 5.41) is 15.7. The number of hydrogen-bond donors (Lipinski definition) is 3. The third-order valence-corrected chi connectivity index (χ3v) is 5.20. The van der Waals surface area contributed by atoms with E-state index in [4.69, 9.17) is 5.11 Å². The second-order valence-electron chi connectivity index (χ2n) is 4.91. The van der Waals surface area contributed by atoms with Crippen LogP contribution in [0.2, 0.25) is 0 Å². The van der Waals surface area contributed by atoms with Crippen molar-refractivity contribution in [3.63, 3.8) is 0 Å². The number of carbonyl (C=O) groups excluding carboxylic acids is 1. The number of carboxylic acid groups (broad SMARTS) is 1. The number of fused-ring (bicyclic) bond motifs is 2. The first-order valence-electron chi connectivity index (χ1n) is 6.95. The predicted molar refractivity (Wildman–Crippen MR) is 94.2 cm³/mol. The van der Waals surface area contributed by atoms with E-state index < -0.39 is 5.97 Å². The second-order valence-corrected chi connectivity index (χ2v) is 6.97. The molecule has 0 amide bonds. The molecule has 0 saturated heterocycles. The Hall–Kier alpha value is -2.46. The van der Waals surface area contributed by atoms with Crippen LogP contribution >= 0.6 is 22.7 Å². The van der Waals surface area contributed by atoms with E-state index in [2.05, 4.69) is 25.3 Å². The second kappa shape index (κ2) is 6.57. The molecule has 10 heteroatoms. The van der Waals surface area contributed by atoms with Crippen LogP contribution in [0.5, 0.6) is 0 Å². The molecule has 0 aliphatic rings. The third-order valence-electron chi connectivity index (χ3n) is 3.28. The SMILES string of the molecule is COC(=O)CNc1nc2c(C)c3nc(NCC(=O)O)sc3cc2s1. The number of aryl methyl sites for hydroxylation is 1. The maximum absolute atomic E-state index is 11.2. The summed E-state index contributed by atoms with van der Waals surface area (Å²) in [6, 6.07) is 1.97. The van der Waals surface area contributed by atoms with E-state index in [-0.39, 0.29) is 19.1 Å². The van der Waals surface area contributed by atoms with Gasteiger partial charge in [0.2, 0.25) is 0 Å². The van der Waals surface area contributed by atoms with E-state index in [0.717, 1.165) is 26.0 Å². The quantitative estimate of drug-likeness (QED) is 0.570. The normalized spacial score (nSPS) is 10.9. The summed E-state index contributed by atoms with van der Waals surface area (Å²) in [4.78, 5) is 30.8. The molecule has 0 atom stereocenters. The molecular formula is C14H14N4O4S2. The van der Waals surface area contributed by atoms with Crippen LogP contribution in [-0.2, 0) is 14.3 Å². The van der Waals surface area contributed by atoms with Crippen LogP contribution in [0.25, 0.3) is 20.4 Å². The molecule has 24 heavy (non-hydrogen) atoms. The minimum Gasteiger partial charge on any atom is -0.480 e. The number of benzene rings is 1. The van der Waals surface area contributed by atoms with Crippen molar-refractivity contribution < 1.29 is 19.4 Å². The Kier molecular flexibility index (Phi) is 4.49. The number of methoxy groups -OCH3 is 1. The van der Waals surface area contributed by atoms with Crippen LogP contribution < -0.4 is 10.6 Å². The zero-order valence-corrected chi connectivity index (χ0v) is 14.5. The van der Waals surface area contributed by atoms with E-state index in [1.807, 2.05) is 13.0 Å². The van der Waals surface area contributed by atoms with Gasteiger partial charge in [-0.05, 0) is 13.0 Å². The summed E-state index contributed by atoms with van der Waals surface area (Å²) >= 11 is 2.84. The fourth-order valence-electron chi connectivity index (χ4n) is 2.15. The van der Waals surface area contributed by atoms with Crippen LogP contribution in [0.3, 0.4) is 0 Å². The molecule has 0 aliphatic carbocycles. The van der Waals surface area contributed by atoms with Crippen LogP contribution in [-0.4, -0.2) is 47.2 Å². The molecule has 0 unspecified atom stereocenters. The molecule has 126 valence electrons. The summed E-state index contributed by atoms with van der Waals surface area (Å²) in [5.41, 5.74) is 2.53. The molecule has 0 radical (unpaired) electrons.